The average Bonchev–Trinajstić information content (AvgIpc) is 3.36. The van der Waals surface area contributed by atoms with Crippen LogP contribution in [0.5, 0.6) is 11.5 Å². The van der Waals surface area contributed by atoms with Crippen LogP contribution in [0.4, 0.5) is 11.6 Å². The van der Waals surface area contributed by atoms with Gasteiger partial charge < -0.3 is 20.1 Å². The van der Waals surface area contributed by atoms with Crippen LogP contribution in [0, 0.1) is 0 Å². The average molecular weight is 564 g/mol. The number of benzene rings is 2. The summed E-state index contributed by atoms with van der Waals surface area (Å²) in [6.45, 7) is 9.41. The van der Waals surface area contributed by atoms with Gasteiger partial charge in [0.05, 0.1) is 24.5 Å². The lowest BCUT2D eigenvalue weighted by Crippen LogP contribution is -2.31. The van der Waals surface area contributed by atoms with Crippen molar-refractivity contribution in [3.8, 4) is 11.5 Å². The zero-order chi connectivity index (χ0) is 28.3. The Morgan fingerprint density at radius 2 is 1.77 bits per heavy atom. The number of carbonyl (C=O) groups excluding carboxylic acids is 1. The highest BCUT2D eigenvalue weighted by Gasteiger charge is 2.34. The number of fused-ring (bicyclic) bond motifs is 1. The van der Waals surface area contributed by atoms with E-state index in [9.17, 15) is 4.79 Å². The molecule has 1 atom stereocenters. The Morgan fingerprint density at radius 3 is 2.52 bits per heavy atom. The monoisotopic (exact) mass is 563 g/mol. The largest absolute Gasteiger partial charge is 0.494 e. The maximum absolute atomic E-state index is 13.9. The molecule has 9 heteroatoms. The van der Waals surface area contributed by atoms with Gasteiger partial charge in [-0.2, -0.15) is 4.98 Å². The molecule has 1 aliphatic heterocycles. The molecular formula is C31H41N5O3S. The lowest BCUT2D eigenvalue weighted by atomic mass is 9.95. The predicted octanol–water partition coefficient (Wildman–Crippen LogP) is 7.46. The number of para-hydroxylation sites is 2. The number of aromatic nitrogens is 3. The first-order chi connectivity index (χ1) is 19.5. The van der Waals surface area contributed by atoms with E-state index in [1.165, 1.54) is 19.3 Å². The molecule has 0 aliphatic carbocycles. The van der Waals surface area contributed by atoms with Gasteiger partial charge in [0.1, 0.15) is 17.5 Å². The summed E-state index contributed by atoms with van der Waals surface area (Å²) in [7, 11) is 0. The lowest BCUT2D eigenvalue weighted by Gasteiger charge is -2.29. The number of nitrogens with one attached hydrogen (secondary N) is 2. The van der Waals surface area contributed by atoms with Crippen molar-refractivity contribution in [2.75, 3.05) is 29.6 Å². The number of ether oxygens (including phenoxy) is 2. The van der Waals surface area contributed by atoms with Crippen molar-refractivity contribution >= 4 is 29.3 Å². The van der Waals surface area contributed by atoms with E-state index in [1.807, 2.05) is 67.1 Å². The van der Waals surface area contributed by atoms with Crippen LogP contribution >= 0.6 is 11.8 Å². The zero-order valence-electron chi connectivity index (χ0n) is 24.0. The fourth-order valence-corrected chi connectivity index (χ4v) is 5.52. The van der Waals surface area contributed by atoms with Gasteiger partial charge in [0.2, 0.25) is 11.1 Å². The molecule has 8 nitrogen and oxygen atoms in total. The summed E-state index contributed by atoms with van der Waals surface area (Å²) in [6, 6.07) is 15.0. The maximum atomic E-state index is 13.9. The van der Waals surface area contributed by atoms with Gasteiger partial charge in [-0.15, -0.1) is 5.10 Å². The minimum Gasteiger partial charge on any atom is -0.494 e. The molecule has 40 heavy (non-hydrogen) atoms. The molecular weight excluding hydrogens is 522 g/mol. The number of unbranched alkanes of at least 4 members (excludes halogenated alkanes) is 4. The van der Waals surface area contributed by atoms with E-state index in [0.29, 0.717) is 41.3 Å². The summed E-state index contributed by atoms with van der Waals surface area (Å²) in [5.74, 6) is 2.81. The second kappa shape index (κ2) is 14.8. The standard InChI is InChI=1S/C31H41N5O3S/c1-5-8-10-13-20-39-24-18-16-23(17-19-24)28-27(29(37)33-25-14-11-12-15-26(25)38-7-3)22(4)32-30-34-31(35-36(28)30)40-21-9-6-2/h11-12,14-19,28H,5-10,13,20-21H2,1-4H3,(H,33,37)(H,32,34,35). The van der Waals surface area contributed by atoms with Crippen molar-refractivity contribution in [1.29, 1.82) is 0 Å². The number of amides is 1. The Morgan fingerprint density at radius 1 is 1.00 bits per heavy atom. The summed E-state index contributed by atoms with van der Waals surface area (Å²) in [5, 5.41) is 11.9. The second-order valence-corrected chi connectivity index (χ2v) is 10.9. The minimum absolute atomic E-state index is 0.222. The third-order valence-electron chi connectivity index (χ3n) is 6.70. The summed E-state index contributed by atoms with van der Waals surface area (Å²) >= 11 is 1.64. The molecule has 1 amide bonds. The van der Waals surface area contributed by atoms with Gasteiger partial charge in [-0.1, -0.05) is 75.6 Å². The molecule has 0 saturated carbocycles. The molecule has 2 aromatic carbocycles. The third kappa shape index (κ3) is 7.38. The van der Waals surface area contributed by atoms with Crippen molar-refractivity contribution in [1.82, 2.24) is 14.8 Å². The first-order valence-corrected chi connectivity index (χ1v) is 15.4. The minimum atomic E-state index is -0.456. The molecule has 0 fully saturated rings. The number of hydrogen-bond donors (Lipinski definition) is 2. The van der Waals surface area contributed by atoms with E-state index in [-0.39, 0.29) is 5.91 Å². The fraction of sp³-hybridized carbons (Fsp3) is 0.452. The molecule has 0 saturated heterocycles. The highest BCUT2D eigenvalue weighted by atomic mass is 32.2. The highest BCUT2D eigenvalue weighted by Crippen LogP contribution is 2.38. The van der Waals surface area contributed by atoms with E-state index in [2.05, 4.69) is 24.5 Å². The van der Waals surface area contributed by atoms with Gasteiger partial charge in [0, 0.05) is 11.4 Å². The van der Waals surface area contributed by atoms with E-state index >= 15 is 0 Å². The Balaban J connectivity index is 1.63. The van der Waals surface area contributed by atoms with Crippen LogP contribution < -0.4 is 20.1 Å². The number of thioether (sulfide) groups is 1. The van der Waals surface area contributed by atoms with Crippen molar-refractivity contribution < 1.29 is 14.3 Å². The highest BCUT2D eigenvalue weighted by molar-refractivity contribution is 7.99. The molecule has 4 rings (SSSR count). The number of rotatable bonds is 15. The molecule has 1 aromatic heterocycles. The van der Waals surface area contributed by atoms with Crippen LogP contribution in [0.2, 0.25) is 0 Å². The van der Waals surface area contributed by atoms with Gasteiger partial charge in [-0.05, 0) is 56.5 Å². The summed E-state index contributed by atoms with van der Waals surface area (Å²) in [6.07, 6.45) is 6.85. The van der Waals surface area contributed by atoms with Gasteiger partial charge in [-0.3, -0.25) is 4.79 Å². The van der Waals surface area contributed by atoms with Crippen molar-refractivity contribution in [2.24, 2.45) is 0 Å². The van der Waals surface area contributed by atoms with Crippen molar-refractivity contribution in [3.63, 3.8) is 0 Å². The Bertz CT molecular complexity index is 1290. The molecule has 2 heterocycles. The van der Waals surface area contributed by atoms with Crippen LogP contribution in [0.25, 0.3) is 0 Å². The number of carbonyl (C=O) groups is 1. The quantitative estimate of drug-likeness (QED) is 0.147. The predicted molar refractivity (Wildman–Crippen MR) is 162 cm³/mol. The third-order valence-corrected chi connectivity index (χ3v) is 7.63. The molecule has 0 spiro atoms. The van der Waals surface area contributed by atoms with Gasteiger partial charge in [0.25, 0.3) is 5.91 Å². The fourth-order valence-electron chi connectivity index (χ4n) is 4.61. The maximum Gasteiger partial charge on any atom is 0.255 e. The first-order valence-electron chi connectivity index (χ1n) is 14.4. The van der Waals surface area contributed by atoms with E-state index in [0.717, 1.165) is 42.0 Å². The molecule has 2 N–H and O–H groups in total. The number of nitrogens with zero attached hydrogens (tertiary/aromatic N) is 3. The number of hydrogen-bond acceptors (Lipinski definition) is 7. The Hall–Kier alpha value is -3.46. The summed E-state index contributed by atoms with van der Waals surface area (Å²) in [5.41, 5.74) is 2.86. The van der Waals surface area contributed by atoms with Gasteiger partial charge in [0.15, 0.2) is 0 Å². The Kier molecular flexibility index (Phi) is 10.9. The molecule has 3 aromatic rings. The van der Waals surface area contributed by atoms with Crippen molar-refractivity contribution in [2.45, 2.75) is 77.4 Å². The van der Waals surface area contributed by atoms with Gasteiger partial charge >= 0.3 is 0 Å². The summed E-state index contributed by atoms with van der Waals surface area (Å²) in [4.78, 5) is 18.6. The van der Waals surface area contributed by atoms with Crippen LogP contribution in [0.3, 0.4) is 0 Å². The van der Waals surface area contributed by atoms with E-state index in [4.69, 9.17) is 19.6 Å². The van der Waals surface area contributed by atoms with Gasteiger partial charge in [-0.25, -0.2) is 4.68 Å². The number of allylic oxidation sites excluding steroid dienone is 1. The molecule has 1 unspecified atom stereocenters. The topological polar surface area (TPSA) is 90.3 Å². The van der Waals surface area contributed by atoms with Crippen molar-refractivity contribution in [3.05, 3.63) is 65.4 Å². The normalized spacial score (nSPS) is 14.4. The zero-order valence-corrected chi connectivity index (χ0v) is 24.9. The van der Waals surface area contributed by atoms with Crippen LogP contribution in [-0.4, -0.2) is 39.6 Å². The SMILES string of the molecule is CCCCCCOc1ccc(C2C(C(=O)Nc3ccccc3OCC)=C(C)Nc3nc(SCCCC)nn32)cc1. The molecule has 214 valence electrons. The van der Waals surface area contributed by atoms with E-state index < -0.39 is 6.04 Å². The number of anilines is 2. The molecule has 0 radical (unpaired) electrons. The smallest absolute Gasteiger partial charge is 0.255 e. The van der Waals surface area contributed by atoms with Crippen LogP contribution in [0.15, 0.2) is 65.0 Å². The molecule has 0 bridgehead atoms. The Labute approximate surface area is 241 Å². The van der Waals surface area contributed by atoms with Crippen LogP contribution in [-0.2, 0) is 4.79 Å². The second-order valence-electron chi connectivity index (χ2n) is 9.79. The van der Waals surface area contributed by atoms with Crippen LogP contribution in [0.1, 0.15) is 77.8 Å². The van der Waals surface area contributed by atoms with E-state index in [1.54, 1.807) is 11.8 Å². The lowest BCUT2D eigenvalue weighted by molar-refractivity contribution is -0.113. The first kappa shape index (κ1) is 29.5. The summed E-state index contributed by atoms with van der Waals surface area (Å²) < 4.78 is 13.5. The molecule has 1 aliphatic rings.